The van der Waals surface area contributed by atoms with Crippen molar-refractivity contribution in [1.29, 1.82) is 0 Å². The van der Waals surface area contributed by atoms with E-state index in [4.69, 9.17) is 9.72 Å². The molecule has 154 valence electrons. The van der Waals surface area contributed by atoms with Gasteiger partial charge in [-0.3, -0.25) is 4.79 Å². The number of aryl methyl sites for hydroxylation is 3. The third kappa shape index (κ3) is 4.69. The number of hydrogen-bond acceptors (Lipinski definition) is 4. The van der Waals surface area contributed by atoms with Gasteiger partial charge in [0, 0.05) is 4.88 Å². The van der Waals surface area contributed by atoms with Crippen LogP contribution in [-0.4, -0.2) is 49.3 Å². The molecule has 1 aliphatic heterocycles. The Morgan fingerprint density at radius 2 is 1.76 bits per heavy atom. The number of quaternary nitrogens is 2. The standard InChI is InChI=1S/C22H28N4O2S/c1-15-4-6-18(7-5-15)28-13-12-25-8-10-26(11-9-25)14-19-23-21(27)20-16(2)17(3)29-22(20)24-19/h4-7H,8-14H2,1-3H3,(H,23,24,27)/p+2. The molecule has 0 bridgehead atoms. The average molecular weight is 415 g/mol. The second-order valence-corrected chi connectivity index (χ2v) is 9.27. The Morgan fingerprint density at radius 3 is 2.48 bits per heavy atom. The van der Waals surface area contributed by atoms with Crippen LogP contribution in [0.2, 0.25) is 0 Å². The van der Waals surface area contributed by atoms with E-state index < -0.39 is 0 Å². The summed E-state index contributed by atoms with van der Waals surface area (Å²) in [4.78, 5) is 25.3. The second kappa shape index (κ2) is 8.65. The molecule has 29 heavy (non-hydrogen) atoms. The van der Waals surface area contributed by atoms with Gasteiger partial charge >= 0.3 is 0 Å². The minimum Gasteiger partial charge on any atom is -0.488 e. The van der Waals surface area contributed by atoms with Crippen molar-refractivity contribution >= 4 is 21.6 Å². The van der Waals surface area contributed by atoms with Gasteiger partial charge in [-0.2, -0.15) is 0 Å². The molecule has 3 heterocycles. The minimum absolute atomic E-state index is 0.00349. The lowest BCUT2D eigenvalue weighted by molar-refractivity contribution is -1.02. The van der Waals surface area contributed by atoms with E-state index in [9.17, 15) is 4.79 Å². The lowest BCUT2D eigenvalue weighted by atomic mass is 10.2. The normalized spacial score (nSPS) is 19.6. The molecule has 0 atom stereocenters. The molecule has 3 aromatic rings. The Balaban J connectivity index is 1.27. The van der Waals surface area contributed by atoms with Crippen LogP contribution in [0.25, 0.3) is 10.2 Å². The first-order valence-corrected chi connectivity index (χ1v) is 11.2. The van der Waals surface area contributed by atoms with Gasteiger partial charge in [0.1, 0.15) is 56.5 Å². The fraction of sp³-hybridized carbons (Fsp3) is 0.455. The van der Waals surface area contributed by atoms with Crippen LogP contribution in [-0.2, 0) is 6.54 Å². The highest BCUT2D eigenvalue weighted by molar-refractivity contribution is 7.18. The summed E-state index contributed by atoms with van der Waals surface area (Å²) < 4.78 is 5.88. The predicted molar refractivity (Wildman–Crippen MR) is 116 cm³/mol. The number of nitrogens with zero attached hydrogens (tertiary/aromatic N) is 1. The van der Waals surface area contributed by atoms with Crippen molar-refractivity contribution in [1.82, 2.24) is 9.97 Å². The van der Waals surface area contributed by atoms with Gasteiger partial charge < -0.3 is 19.5 Å². The van der Waals surface area contributed by atoms with Crippen LogP contribution in [0.4, 0.5) is 0 Å². The SMILES string of the molecule is Cc1ccc(OCC[NH+]2CC[NH+](Cc3nc4sc(C)c(C)c4c(=O)[nH]3)CC2)cc1. The van der Waals surface area contributed by atoms with Crippen molar-refractivity contribution < 1.29 is 14.5 Å². The zero-order valence-electron chi connectivity index (χ0n) is 17.4. The number of aromatic nitrogens is 2. The monoisotopic (exact) mass is 414 g/mol. The first-order chi connectivity index (χ1) is 14.0. The zero-order valence-corrected chi connectivity index (χ0v) is 18.2. The molecule has 1 aliphatic rings. The molecule has 0 aliphatic carbocycles. The largest absolute Gasteiger partial charge is 0.488 e. The highest BCUT2D eigenvalue weighted by Crippen LogP contribution is 2.25. The summed E-state index contributed by atoms with van der Waals surface area (Å²) in [6.45, 7) is 13.1. The number of thiophene rings is 1. The Hall–Kier alpha value is -2.22. The third-order valence-corrected chi connectivity index (χ3v) is 7.02. The molecule has 0 radical (unpaired) electrons. The quantitative estimate of drug-likeness (QED) is 0.543. The number of fused-ring (bicyclic) bond motifs is 1. The summed E-state index contributed by atoms with van der Waals surface area (Å²) in [7, 11) is 0. The molecule has 0 unspecified atom stereocenters. The van der Waals surface area contributed by atoms with Gasteiger partial charge in [0.05, 0.1) is 5.39 Å². The van der Waals surface area contributed by atoms with E-state index in [0.717, 1.165) is 73.2 Å². The molecule has 1 fully saturated rings. The van der Waals surface area contributed by atoms with Crippen LogP contribution in [0.15, 0.2) is 29.1 Å². The summed E-state index contributed by atoms with van der Waals surface area (Å²) in [6, 6.07) is 8.24. The lowest BCUT2D eigenvalue weighted by Crippen LogP contribution is -3.27. The van der Waals surface area contributed by atoms with Crippen LogP contribution >= 0.6 is 11.3 Å². The molecule has 1 aromatic carbocycles. The highest BCUT2D eigenvalue weighted by Gasteiger charge is 2.24. The molecular formula is C22H30N4O2S+2. The summed E-state index contributed by atoms with van der Waals surface area (Å²) in [5.74, 6) is 1.76. The van der Waals surface area contributed by atoms with Crippen molar-refractivity contribution in [3.05, 3.63) is 56.4 Å². The van der Waals surface area contributed by atoms with E-state index >= 15 is 0 Å². The smallest absolute Gasteiger partial charge is 0.260 e. The maximum Gasteiger partial charge on any atom is 0.260 e. The zero-order chi connectivity index (χ0) is 20.4. The number of rotatable bonds is 6. The fourth-order valence-corrected chi connectivity index (χ4v) is 5.00. The predicted octanol–water partition coefficient (Wildman–Crippen LogP) is 0.272. The molecule has 6 nitrogen and oxygen atoms in total. The van der Waals surface area contributed by atoms with Crippen molar-refractivity contribution in [2.24, 2.45) is 0 Å². The average Bonchev–Trinajstić information content (AvgIpc) is 2.99. The first-order valence-electron chi connectivity index (χ1n) is 10.3. The maximum absolute atomic E-state index is 12.5. The summed E-state index contributed by atoms with van der Waals surface area (Å²) in [5.41, 5.74) is 2.31. The van der Waals surface area contributed by atoms with E-state index in [2.05, 4.69) is 31.0 Å². The molecule has 0 spiro atoms. The number of H-pyrrole nitrogens is 1. The summed E-state index contributed by atoms with van der Waals surface area (Å²) in [6.07, 6.45) is 0. The number of hydrogen-bond donors (Lipinski definition) is 3. The van der Waals surface area contributed by atoms with E-state index in [1.54, 1.807) is 16.2 Å². The fourth-order valence-electron chi connectivity index (χ4n) is 3.95. The van der Waals surface area contributed by atoms with Crippen molar-refractivity contribution in [2.45, 2.75) is 27.3 Å². The van der Waals surface area contributed by atoms with Gasteiger partial charge in [-0.25, -0.2) is 4.98 Å². The van der Waals surface area contributed by atoms with E-state index in [0.29, 0.717) is 0 Å². The number of nitrogens with one attached hydrogen (secondary N) is 3. The Labute approximate surface area is 175 Å². The van der Waals surface area contributed by atoms with Gasteiger partial charge in [-0.05, 0) is 38.5 Å². The third-order valence-electron chi connectivity index (χ3n) is 5.92. The molecule has 0 amide bonds. The van der Waals surface area contributed by atoms with Crippen LogP contribution in [0, 0.1) is 20.8 Å². The Kier molecular flexibility index (Phi) is 5.99. The minimum atomic E-state index is 0.00349. The van der Waals surface area contributed by atoms with E-state index in [-0.39, 0.29) is 5.56 Å². The second-order valence-electron chi connectivity index (χ2n) is 8.06. The first kappa shape index (κ1) is 20.1. The van der Waals surface area contributed by atoms with Crippen LogP contribution < -0.4 is 20.1 Å². The van der Waals surface area contributed by atoms with Gasteiger partial charge in [0.25, 0.3) is 5.56 Å². The number of benzene rings is 1. The van der Waals surface area contributed by atoms with E-state index in [1.807, 2.05) is 19.1 Å². The molecular weight excluding hydrogens is 384 g/mol. The van der Waals surface area contributed by atoms with Gasteiger partial charge in [0.2, 0.25) is 0 Å². The number of ether oxygens (including phenoxy) is 1. The van der Waals surface area contributed by atoms with Crippen LogP contribution in [0.1, 0.15) is 21.8 Å². The molecule has 7 heteroatoms. The van der Waals surface area contributed by atoms with Crippen molar-refractivity contribution in [3.63, 3.8) is 0 Å². The van der Waals surface area contributed by atoms with Gasteiger partial charge in [0.15, 0.2) is 5.82 Å². The van der Waals surface area contributed by atoms with Crippen LogP contribution in [0.3, 0.4) is 0 Å². The molecule has 1 saturated heterocycles. The van der Waals surface area contributed by atoms with Gasteiger partial charge in [-0.1, -0.05) is 17.7 Å². The topological polar surface area (TPSA) is 63.9 Å². The molecule has 3 N–H and O–H groups in total. The molecule has 2 aromatic heterocycles. The molecule has 4 rings (SSSR count). The Bertz CT molecular complexity index is 1030. The Morgan fingerprint density at radius 1 is 1.07 bits per heavy atom. The van der Waals surface area contributed by atoms with Crippen LogP contribution in [0.5, 0.6) is 5.75 Å². The summed E-state index contributed by atoms with van der Waals surface area (Å²) >= 11 is 1.62. The van der Waals surface area contributed by atoms with Crippen molar-refractivity contribution in [3.8, 4) is 5.75 Å². The van der Waals surface area contributed by atoms with Crippen molar-refractivity contribution in [2.75, 3.05) is 39.3 Å². The number of piperazine rings is 1. The van der Waals surface area contributed by atoms with E-state index in [1.165, 1.54) is 15.3 Å². The maximum atomic E-state index is 12.5. The molecule has 0 saturated carbocycles. The lowest BCUT2D eigenvalue weighted by Gasteiger charge is -2.29. The van der Waals surface area contributed by atoms with Gasteiger partial charge in [-0.15, -0.1) is 11.3 Å². The number of aromatic amines is 1. The highest BCUT2D eigenvalue weighted by atomic mass is 32.1. The summed E-state index contributed by atoms with van der Waals surface area (Å²) in [5, 5.41) is 0.758.